The van der Waals surface area contributed by atoms with Crippen molar-refractivity contribution in [1.29, 1.82) is 0 Å². The van der Waals surface area contributed by atoms with Crippen LogP contribution in [0.3, 0.4) is 0 Å². The maximum Gasteiger partial charge on any atom is 0.243 e. The van der Waals surface area contributed by atoms with Crippen LogP contribution in [0.1, 0.15) is 45.4 Å². The zero-order valence-electron chi connectivity index (χ0n) is 15.3. The number of carbonyl (C=O) groups excluding carboxylic acids is 1. The Morgan fingerprint density at radius 1 is 1.17 bits per heavy atom. The number of halogens is 1. The van der Waals surface area contributed by atoms with Crippen LogP contribution in [0.25, 0.3) is 0 Å². The molecule has 0 aliphatic carbocycles. The number of nitrogens with zero attached hydrogens (tertiary/aromatic N) is 3. The molecule has 23 heavy (non-hydrogen) atoms. The molecule has 0 spiro atoms. The molecule has 0 heterocycles. The molecule has 0 aromatic heterocycles. The maximum atomic E-state index is 11.7. The van der Waals surface area contributed by atoms with Crippen molar-refractivity contribution < 1.29 is 4.79 Å². The Hall–Kier alpha value is -0.790. The summed E-state index contributed by atoms with van der Waals surface area (Å²) >= 11 is 0. The summed E-state index contributed by atoms with van der Waals surface area (Å²) in [6.07, 6.45) is 8.80. The fourth-order valence-corrected chi connectivity index (χ4v) is 1.89. The third kappa shape index (κ3) is 13.4. The SMILES string of the molecule is C=CCCCCCN(C)C(=NCC(=O)N(C)C)NCCCC.I. The van der Waals surface area contributed by atoms with Crippen LogP contribution in [0.15, 0.2) is 17.6 Å². The maximum absolute atomic E-state index is 11.7. The number of amides is 1. The lowest BCUT2D eigenvalue weighted by molar-refractivity contribution is -0.127. The van der Waals surface area contributed by atoms with Gasteiger partial charge in [-0.15, -0.1) is 30.6 Å². The number of likely N-dealkylation sites (N-methyl/N-ethyl adjacent to an activating group) is 1. The highest BCUT2D eigenvalue weighted by molar-refractivity contribution is 14.0. The third-order valence-corrected chi connectivity index (χ3v) is 3.44. The molecule has 136 valence electrons. The monoisotopic (exact) mass is 438 g/mol. The van der Waals surface area contributed by atoms with E-state index in [4.69, 9.17) is 0 Å². The standard InChI is InChI=1S/C17H34N4O.HI/c1-6-8-10-11-12-14-21(5)17(18-13-9-7-2)19-15-16(22)20(3)4;/h6H,1,7-15H2,2-5H3,(H,18,19);1H. The smallest absolute Gasteiger partial charge is 0.243 e. The summed E-state index contributed by atoms with van der Waals surface area (Å²) in [5.41, 5.74) is 0. The minimum atomic E-state index is 0. The fourth-order valence-electron chi connectivity index (χ4n) is 1.89. The molecule has 1 amide bonds. The lowest BCUT2D eigenvalue weighted by Gasteiger charge is -2.22. The molecule has 0 aliphatic rings. The summed E-state index contributed by atoms with van der Waals surface area (Å²) in [5.74, 6) is 0.849. The van der Waals surface area contributed by atoms with Crippen LogP contribution >= 0.6 is 24.0 Å². The van der Waals surface area contributed by atoms with Gasteiger partial charge in [-0.1, -0.05) is 25.8 Å². The number of carbonyl (C=O) groups is 1. The molecule has 0 fully saturated rings. The van der Waals surface area contributed by atoms with Crippen molar-refractivity contribution in [1.82, 2.24) is 15.1 Å². The lowest BCUT2D eigenvalue weighted by atomic mass is 10.2. The van der Waals surface area contributed by atoms with Crippen molar-refractivity contribution in [2.24, 2.45) is 4.99 Å². The summed E-state index contributed by atoms with van der Waals surface area (Å²) in [7, 11) is 5.54. The molecule has 0 rings (SSSR count). The van der Waals surface area contributed by atoms with E-state index in [1.54, 1.807) is 19.0 Å². The first-order valence-corrected chi connectivity index (χ1v) is 8.33. The van der Waals surface area contributed by atoms with Gasteiger partial charge in [-0.05, 0) is 25.7 Å². The van der Waals surface area contributed by atoms with Crippen LogP contribution < -0.4 is 5.32 Å². The Balaban J connectivity index is 0. The van der Waals surface area contributed by atoms with Crippen LogP contribution in [0, 0.1) is 0 Å². The van der Waals surface area contributed by atoms with E-state index >= 15 is 0 Å². The number of rotatable bonds is 11. The molecule has 6 heteroatoms. The van der Waals surface area contributed by atoms with E-state index in [9.17, 15) is 4.79 Å². The topological polar surface area (TPSA) is 47.9 Å². The molecule has 0 aromatic rings. The average Bonchev–Trinajstić information content (AvgIpc) is 2.49. The second-order valence-corrected chi connectivity index (χ2v) is 5.77. The third-order valence-electron chi connectivity index (χ3n) is 3.44. The number of nitrogens with one attached hydrogen (secondary N) is 1. The minimum absolute atomic E-state index is 0. The Bertz CT molecular complexity index is 345. The van der Waals surface area contributed by atoms with Gasteiger partial charge in [-0.25, -0.2) is 4.99 Å². The number of allylic oxidation sites excluding steroid dienone is 1. The van der Waals surface area contributed by atoms with E-state index in [0.717, 1.165) is 44.7 Å². The second kappa shape index (κ2) is 16.1. The Kier molecular flexibility index (Phi) is 17.1. The van der Waals surface area contributed by atoms with Crippen molar-refractivity contribution >= 4 is 35.8 Å². The highest BCUT2D eigenvalue weighted by Gasteiger charge is 2.08. The Morgan fingerprint density at radius 2 is 1.87 bits per heavy atom. The van der Waals surface area contributed by atoms with Crippen LogP contribution in [0.4, 0.5) is 0 Å². The lowest BCUT2D eigenvalue weighted by Crippen LogP contribution is -2.40. The van der Waals surface area contributed by atoms with Crippen molar-refractivity contribution in [3.05, 3.63) is 12.7 Å². The molecular weight excluding hydrogens is 403 g/mol. The molecule has 1 N–H and O–H groups in total. The summed E-state index contributed by atoms with van der Waals surface area (Å²) in [4.78, 5) is 19.8. The minimum Gasteiger partial charge on any atom is -0.356 e. The number of guanidine groups is 1. The molecule has 0 aliphatic heterocycles. The highest BCUT2D eigenvalue weighted by atomic mass is 127. The van der Waals surface area contributed by atoms with E-state index in [1.807, 2.05) is 13.1 Å². The van der Waals surface area contributed by atoms with Crippen molar-refractivity contribution in [2.75, 3.05) is 40.8 Å². The summed E-state index contributed by atoms with van der Waals surface area (Å²) in [6, 6.07) is 0. The van der Waals surface area contributed by atoms with Gasteiger partial charge in [0.25, 0.3) is 0 Å². The van der Waals surface area contributed by atoms with E-state index < -0.39 is 0 Å². The molecule has 0 atom stereocenters. The van der Waals surface area contributed by atoms with Gasteiger partial charge < -0.3 is 15.1 Å². The quantitative estimate of drug-likeness (QED) is 0.177. The Morgan fingerprint density at radius 3 is 2.43 bits per heavy atom. The first-order valence-electron chi connectivity index (χ1n) is 8.33. The number of hydrogen-bond donors (Lipinski definition) is 1. The van der Waals surface area contributed by atoms with Crippen LogP contribution in [0.5, 0.6) is 0 Å². The molecule has 0 saturated carbocycles. The molecule has 0 unspecified atom stereocenters. The molecular formula is C17H35IN4O. The van der Waals surface area contributed by atoms with Crippen molar-refractivity contribution in [3.63, 3.8) is 0 Å². The van der Waals surface area contributed by atoms with E-state index in [0.29, 0.717) is 0 Å². The van der Waals surface area contributed by atoms with Crippen molar-refractivity contribution in [3.8, 4) is 0 Å². The van der Waals surface area contributed by atoms with Gasteiger partial charge in [0.15, 0.2) is 5.96 Å². The van der Waals surface area contributed by atoms with Gasteiger partial charge in [0, 0.05) is 34.2 Å². The van der Waals surface area contributed by atoms with Gasteiger partial charge in [-0.2, -0.15) is 0 Å². The van der Waals surface area contributed by atoms with Crippen LogP contribution in [0.2, 0.25) is 0 Å². The molecule has 0 radical (unpaired) electrons. The van der Waals surface area contributed by atoms with Gasteiger partial charge in [0.1, 0.15) is 6.54 Å². The van der Waals surface area contributed by atoms with Crippen LogP contribution in [-0.2, 0) is 4.79 Å². The summed E-state index contributed by atoms with van der Waals surface area (Å²) in [5, 5.41) is 3.36. The molecule has 5 nitrogen and oxygen atoms in total. The molecule has 0 saturated heterocycles. The van der Waals surface area contributed by atoms with Gasteiger partial charge in [0.2, 0.25) is 5.91 Å². The first kappa shape index (κ1) is 24.5. The van der Waals surface area contributed by atoms with Crippen molar-refractivity contribution in [2.45, 2.75) is 45.4 Å². The first-order chi connectivity index (χ1) is 10.5. The van der Waals surface area contributed by atoms with E-state index in [1.165, 1.54) is 12.8 Å². The van der Waals surface area contributed by atoms with Gasteiger partial charge >= 0.3 is 0 Å². The predicted molar refractivity (Wildman–Crippen MR) is 111 cm³/mol. The van der Waals surface area contributed by atoms with Gasteiger partial charge in [-0.3, -0.25) is 4.79 Å². The van der Waals surface area contributed by atoms with Crippen LogP contribution in [-0.4, -0.2) is 62.4 Å². The van der Waals surface area contributed by atoms with E-state index in [-0.39, 0.29) is 36.4 Å². The van der Waals surface area contributed by atoms with Gasteiger partial charge in [0.05, 0.1) is 0 Å². The highest BCUT2D eigenvalue weighted by Crippen LogP contribution is 2.02. The second-order valence-electron chi connectivity index (χ2n) is 5.77. The number of hydrogen-bond acceptors (Lipinski definition) is 2. The largest absolute Gasteiger partial charge is 0.356 e. The predicted octanol–water partition coefficient (Wildman–Crippen LogP) is 3.12. The number of aliphatic imine (C=N–C) groups is 1. The fraction of sp³-hybridized carbons (Fsp3) is 0.765. The Labute approximate surface area is 159 Å². The molecule has 0 bridgehead atoms. The van der Waals surface area contributed by atoms with E-state index in [2.05, 4.69) is 28.7 Å². The summed E-state index contributed by atoms with van der Waals surface area (Å²) < 4.78 is 0. The molecule has 0 aromatic carbocycles. The zero-order valence-corrected chi connectivity index (χ0v) is 17.6. The zero-order chi connectivity index (χ0) is 16.8. The normalized spacial score (nSPS) is 10.7. The number of unbranched alkanes of at least 4 members (excludes halogenated alkanes) is 4. The summed E-state index contributed by atoms with van der Waals surface area (Å²) in [6.45, 7) is 7.95. The average molecular weight is 438 g/mol.